The molecule has 2 aromatic heterocycles. The van der Waals surface area contributed by atoms with Gasteiger partial charge < -0.3 is 14.1 Å². The van der Waals surface area contributed by atoms with Crippen molar-refractivity contribution in [3.05, 3.63) is 135 Å². The normalized spacial score (nSPS) is 14.6. The Hall–Kier alpha value is -4.51. The van der Waals surface area contributed by atoms with Crippen LogP contribution in [0, 0.1) is 6.92 Å². The van der Waals surface area contributed by atoms with Crippen molar-refractivity contribution in [1.29, 1.82) is 0 Å². The molecule has 0 saturated heterocycles. The summed E-state index contributed by atoms with van der Waals surface area (Å²) in [5.41, 5.74) is 3.34. The Morgan fingerprint density at radius 3 is 2.39 bits per heavy atom. The fourth-order valence-corrected chi connectivity index (χ4v) is 6.36. The summed E-state index contributed by atoms with van der Waals surface area (Å²) in [5.74, 6) is -0.420. The highest BCUT2D eigenvalue weighted by Crippen LogP contribution is 2.33. The van der Waals surface area contributed by atoms with Crippen LogP contribution in [0.2, 0.25) is 5.02 Å². The van der Waals surface area contributed by atoms with Gasteiger partial charge in [0, 0.05) is 29.7 Å². The van der Waals surface area contributed by atoms with Crippen molar-refractivity contribution in [2.45, 2.75) is 38.4 Å². The smallest absolute Gasteiger partial charge is 0.340 e. The minimum Gasteiger partial charge on any atom is -0.465 e. The lowest BCUT2D eigenvalue weighted by Gasteiger charge is -2.21. The molecule has 0 radical (unpaired) electrons. The lowest BCUT2D eigenvalue weighted by atomic mass is 10.1. The molecule has 0 N–H and O–H groups in total. The summed E-state index contributed by atoms with van der Waals surface area (Å²) >= 11 is 6.01. The van der Waals surface area contributed by atoms with E-state index in [9.17, 15) is 18.0 Å². The van der Waals surface area contributed by atoms with Crippen LogP contribution < -0.4 is 0 Å². The maximum atomic E-state index is 13.7. The number of hydrogen-bond acceptors (Lipinski definition) is 7. The number of amides is 1. The van der Waals surface area contributed by atoms with E-state index in [0.29, 0.717) is 16.5 Å². The number of benzene rings is 2. The average Bonchev–Trinajstić information content (AvgIpc) is 3.55. The number of aryl methyl sites for hydroxylation is 1. The van der Waals surface area contributed by atoms with Crippen molar-refractivity contribution in [3.63, 3.8) is 0 Å². The van der Waals surface area contributed by atoms with Gasteiger partial charge in [0.2, 0.25) is 10.0 Å². The van der Waals surface area contributed by atoms with E-state index < -0.39 is 21.9 Å². The number of pyridine rings is 1. The van der Waals surface area contributed by atoms with E-state index in [2.05, 4.69) is 4.98 Å². The Bertz CT molecular complexity index is 1850. The van der Waals surface area contributed by atoms with Gasteiger partial charge in [0.05, 0.1) is 36.2 Å². The van der Waals surface area contributed by atoms with Crippen LogP contribution in [0.4, 0.5) is 0 Å². The summed E-state index contributed by atoms with van der Waals surface area (Å²) in [5, 5.41) is 0.425. The van der Waals surface area contributed by atoms with Gasteiger partial charge in [0.15, 0.2) is 0 Å². The van der Waals surface area contributed by atoms with Gasteiger partial charge in [-0.15, -0.1) is 0 Å². The average molecular weight is 632 g/mol. The Kier molecular flexibility index (Phi) is 9.14. The zero-order chi connectivity index (χ0) is 31.4. The number of carbonyl (C=O) groups is 2. The summed E-state index contributed by atoms with van der Waals surface area (Å²) in [7, 11) is -2.70. The molecule has 0 unspecified atom stereocenters. The third kappa shape index (κ3) is 6.67. The largest absolute Gasteiger partial charge is 0.465 e. The first kappa shape index (κ1) is 30.9. The van der Waals surface area contributed by atoms with Gasteiger partial charge in [-0.2, -0.15) is 4.31 Å². The van der Waals surface area contributed by atoms with Gasteiger partial charge in [0.1, 0.15) is 11.5 Å². The number of carbonyl (C=O) groups excluding carboxylic acids is 2. The maximum Gasteiger partial charge on any atom is 0.340 e. The first-order valence-corrected chi connectivity index (χ1v) is 15.5. The Labute approximate surface area is 261 Å². The molecule has 0 saturated carbocycles. The minimum absolute atomic E-state index is 0.0815. The molecule has 44 heavy (non-hydrogen) atoms. The van der Waals surface area contributed by atoms with E-state index in [-0.39, 0.29) is 41.4 Å². The van der Waals surface area contributed by atoms with E-state index in [4.69, 9.17) is 20.8 Å². The van der Waals surface area contributed by atoms with Gasteiger partial charge in [-0.05, 0) is 73.5 Å². The first-order chi connectivity index (χ1) is 21.1. The van der Waals surface area contributed by atoms with E-state index in [0.717, 1.165) is 16.7 Å². The summed E-state index contributed by atoms with van der Waals surface area (Å²) in [6.07, 6.45) is 4.77. The van der Waals surface area contributed by atoms with Crippen molar-refractivity contribution in [3.8, 4) is 0 Å². The van der Waals surface area contributed by atoms with Crippen LogP contribution in [0.25, 0.3) is 6.08 Å². The molecule has 0 bridgehead atoms. The number of halogens is 1. The maximum absolute atomic E-state index is 13.7. The molecule has 11 heteroatoms. The van der Waals surface area contributed by atoms with Crippen molar-refractivity contribution in [2.24, 2.45) is 0 Å². The zero-order valence-corrected chi connectivity index (χ0v) is 25.9. The molecule has 3 heterocycles. The van der Waals surface area contributed by atoms with E-state index in [1.165, 1.54) is 46.7 Å². The molecule has 226 valence electrons. The molecule has 0 fully saturated rings. The van der Waals surface area contributed by atoms with Crippen LogP contribution >= 0.6 is 11.6 Å². The highest BCUT2D eigenvalue weighted by atomic mass is 35.5. The molecule has 0 atom stereocenters. The summed E-state index contributed by atoms with van der Waals surface area (Å²) in [6, 6.07) is 20.5. The zero-order valence-electron chi connectivity index (χ0n) is 24.4. The van der Waals surface area contributed by atoms with Gasteiger partial charge in [-0.3, -0.25) is 9.78 Å². The van der Waals surface area contributed by atoms with Crippen LogP contribution in [-0.4, -0.2) is 41.6 Å². The third-order valence-corrected chi connectivity index (χ3v) is 9.25. The molecule has 4 aromatic rings. The van der Waals surface area contributed by atoms with Crippen LogP contribution in [0.15, 0.2) is 111 Å². The number of aromatic nitrogens is 1. The van der Waals surface area contributed by atoms with Gasteiger partial charge in [-0.1, -0.05) is 47.5 Å². The second kappa shape index (κ2) is 13.0. The summed E-state index contributed by atoms with van der Waals surface area (Å²) in [4.78, 5) is 32.0. The minimum atomic E-state index is -3.95. The fourth-order valence-electron chi connectivity index (χ4n) is 4.84. The lowest BCUT2D eigenvalue weighted by molar-refractivity contribution is -0.136. The number of methoxy groups -OCH3 is 1. The Morgan fingerprint density at radius 2 is 1.73 bits per heavy atom. The van der Waals surface area contributed by atoms with Crippen LogP contribution in [0.3, 0.4) is 0 Å². The molecular formula is C33H30ClN3O6S. The number of ether oxygens (including phenoxy) is 1. The van der Waals surface area contributed by atoms with Gasteiger partial charge in [-0.25, -0.2) is 13.2 Å². The quantitative estimate of drug-likeness (QED) is 0.158. The predicted molar refractivity (Wildman–Crippen MR) is 165 cm³/mol. The topological polar surface area (TPSA) is 110 Å². The summed E-state index contributed by atoms with van der Waals surface area (Å²) in [6.45, 7) is 3.87. The standard InChI is InChI=1S/C33H30ClN3O6S/c1-22-6-8-24(9-7-22)19-36(44(40,41)29-14-10-26(34)11-15-29)21-28-13-12-27(43-28)17-30-31(33(39)42-3)23(2)37(32(30)38)20-25-5-4-16-35-18-25/h4-18H,19-21H2,1-3H3/b30-17+. The third-order valence-electron chi connectivity index (χ3n) is 7.20. The monoisotopic (exact) mass is 631 g/mol. The molecule has 5 rings (SSSR count). The highest BCUT2D eigenvalue weighted by Gasteiger charge is 2.37. The Balaban J connectivity index is 1.45. The number of furan rings is 1. The van der Waals surface area contributed by atoms with Crippen molar-refractivity contribution in [2.75, 3.05) is 7.11 Å². The second-order valence-corrected chi connectivity index (χ2v) is 12.7. The fraction of sp³-hybridized carbons (Fsp3) is 0.182. The van der Waals surface area contributed by atoms with E-state index in [1.807, 2.05) is 37.3 Å². The van der Waals surface area contributed by atoms with Crippen molar-refractivity contribution in [1.82, 2.24) is 14.2 Å². The summed E-state index contributed by atoms with van der Waals surface area (Å²) < 4.78 is 39.8. The predicted octanol–water partition coefficient (Wildman–Crippen LogP) is 5.90. The number of rotatable bonds is 10. The number of hydrogen-bond donors (Lipinski definition) is 0. The van der Waals surface area contributed by atoms with Crippen LogP contribution in [-0.2, 0) is 44.0 Å². The van der Waals surface area contributed by atoms with Gasteiger partial charge in [0.25, 0.3) is 5.91 Å². The molecule has 0 spiro atoms. The number of allylic oxidation sites excluding steroid dienone is 1. The molecule has 2 aromatic carbocycles. The highest BCUT2D eigenvalue weighted by molar-refractivity contribution is 7.89. The molecule has 1 aliphatic heterocycles. The number of esters is 1. The lowest BCUT2D eigenvalue weighted by Crippen LogP contribution is -2.30. The second-order valence-electron chi connectivity index (χ2n) is 10.3. The van der Waals surface area contributed by atoms with Gasteiger partial charge >= 0.3 is 5.97 Å². The number of nitrogens with zero attached hydrogens (tertiary/aromatic N) is 3. The molecule has 9 nitrogen and oxygen atoms in total. The van der Waals surface area contributed by atoms with Crippen molar-refractivity contribution < 1.29 is 27.2 Å². The van der Waals surface area contributed by atoms with Crippen molar-refractivity contribution >= 4 is 39.6 Å². The molecule has 1 aliphatic rings. The van der Waals surface area contributed by atoms with Crippen LogP contribution in [0.1, 0.15) is 35.1 Å². The van der Waals surface area contributed by atoms with E-state index in [1.54, 1.807) is 37.5 Å². The molecule has 0 aliphatic carbocycles. The SMILES string of the molecule is COC(=O)C1=C(C)N(Cc2cccnc2)C(=O)/C1=C/c1ccc(CN(Cc2ccc(C)cc2)S(=O)(=O)c2ccc(Cl)cc2)o1. The number of sulfonamides is 1. The molecule has 1 amide bonds. The Morgan fingerprint density at radius 1 is 1.00 bits per heavy atom. The first-order valence-electron chi connectivity index (χ1n) is 13.7. The molecular weight excluding hydrogens is 602 g/mol. The van der Waals surface area contributed by atoms with E-state index >= 15 is 0 Å². The van der Waals surface area contributed by atoms with Crippen LogP contribution in [0.5, 0.6) is 0 Å².